The van der Waals surface area contributed by atoms with Crippen LogP contribution in [-0.4, -0.2) is 35.3 Å². The highest BCUT2D eigenvalue weighted by Crippen LogP contribution is 2.39. The Morgan fingerprint density at radius 2 is 1.64 bits per heavy atom. The van der Waals surface area contributed by atoms with Gasteiger partial charge in [0, 0.05) is 31.5 Å². The molecule has 2 aliphatic rings. The van der Waals surface area contributed by atoms with Gasteiger partial charge in [0.15, 0.2) is 0 Å². The Hall–Kier alpha value is -1.06. The summed E-state index contributed by atoms with van der Waals surface area (Å²) in [7, 11) is 0. The Bertz CT molecular complexity index is 447. The van der Waals surface area contributed by atoms with Crippen LogP contribution in [0, 0.1) is 23.7 Å². The van der Waals surface area contributed by atoms with E-state index in [0.29, 0.717) is 54.5 Å². The minimum Gasteiger partial charge on any atom is -0.356 e. The molecule has 2 unspecified atom stereocenters. The molecule has 2 saturated heterocycles. The van der Waals surface area contributed by atoms with Crippen LogP contribution in [0.3, 0.4) is 0 Å². The number of carbonyl (C=O) groups excluding carboxylic acids is 2. The summed E-state index contributed by atoms with van der Waals surface area (Å²) in [6, 6.07) is 0.811. The fourth-order valence-corrected chi connectivity index (χ4v) is 4.25. The van der Waals surface area contributed by atoms with Crippen LogP contribution in [0.1, 0.15) is 79.6 Å². The van der Waals surface area contributed by atoms with E-state index in [4.69, 9.17) is 0 Å². The molecule has 0 aromatic heterocycles. The molecule has 2 fully saturated rings. The zero-order valence-electron chi connectivity index (χ0n) is 16.9. The Kier molecular flexibility index (Phi) is 7.33. The molecule has 2 amide bonds. The van der Waals surface area contributed by atoms with Crippen molar-refractivity contribution in [2.75, 3.05) is 6.54 Å². The zero-order valence-corrected chi connectivity index (χ0v) is 16.9. The van der Waals surface area contributed by atoms with Crippen LogP contribution in [0.25, 0.3) is 0 Å². The van der Waals surface area contributed by atoms with Gasteiger partial charge in [-0.15, -0.1) is 0 Å². The SMILES string of the molecule is CC(C)CCC(=O)NCC1C[C@H]2CC[C@@H](C1)N2C(=O)CC(C)C(C)C. The predicted octanol–water partition coefficient (Wildman–Crippen LogP) is 3.99. The number of fused-ring (bicyclic) bond motifs is 2. The average Bonchev–Trinajstić information content (AvgIpc) is 2.81. The smallest absolute Gasteiger partial charge is 0.223 e. The number of piperidine rings is 1. The van der Waals surface area contributed by atoms with Crippen molar-refractivity contribution in [2.24, 2.45) is 23.7 Å². The number of hydrogen-bond acceptors (Lipinski definition) is 2. The van der Waals surface area contributed by atoms with Gasteiger partial charge in [0.05, 0.1) is 0 Å². The first kappa shape index (κ1) is 20.3. The van der Waals surface area contributed by atoms with Gasteiger partial charge in [-0.05, 0) is 55.8 Å². The van der Waals surface area contributed by atoms with E-state index in [2.05, 4.69) is 44.8 Å². The van der Waals surface area contributed by atoms with Crippen molar-refractivity contribution >= 4 is 11.8 Å². The van der Waals surface area contributed by atoms with Crippen LogP contribution in [0.4, 0.5) is 0 Å². The molecule has 0 spiro atoms. The Morgan fingerprint density at radius 1 is 1.04 bits per heavy atom. The third-order valence-corrected chi connectivity index (χ3v) is 6.29. The second kappa shape index (κ2) is 9.05. The van der Waals surface area contributed by atoms with E-state index >= 15 is 0 Å². The fourth-order valence-electron chi connectivity index (χ4n) is 4.25. The van der Waals surface area contributed by atoms with Crippen molar-refractivity contribution in [2.45, 2.75) is 91.6 Å². The van der Waals surface area contributed by atoms with Gasteiger partial charge in [0.2, 0.25) is 11.8 Å². The monoisotopic (exact) mass is 350 g/mol. The largest absolute Gasteiger partial charge is 0.356 e. The molecule has 0 radical (unpaired) electrons. The van der Waals surface area contributed by atoms with Crippen LogP contribution in [0.15, 0.2) is 0 Å². The van der Waals surface area contributed by atoms with E-state index in [1.807, 2.05) is 0 Å². The third kappa shape index (κ3) is 5.72. The van der Waals surface area contributed by atoms with E-state index in [0.717, 1.165) is 38.6 Å². The zero-order chi connectivity index (χ0) is 18.6. The van der Waals surface area contributed by atoms with E-state index in [1.165, 1.54) is 0 Å². The normalized spacial score (nSPS) is 27.0. The highest BCUT2D eigenvalue weighted by Gasteiger charge is 2.43. The molecular weight excluding hydrogens is 312 g/mol. The van der Waals surface area contributed by atoms with Crippen molar-refractivity contribution in [3.05, 3.63) is 0 Å². The number of hydrogen-bond donors (Lipinski definition) is 1. The summed E-state index contributed by atoms with van der Waals surface area (Å²) in [6.07, 6.45) is 6.67. The number of carbonyl (C=O) groups is 2. The van der Waals surface area contributed by atoms with E-state index < -0.39 is 0 Å². The van der Waals surface area contributed by atoms with Gasteiger partial charge in [-0.3, -0.25) is 9.59 Å². The first-order valence-electron chi connectivity index (χ1n) is 10.4. The van der Waals surface area contributed by atoms with Gasteiger partial charge in [-0.1, -0.05) is 34.6 Å². The number of nitrogens with zero attached hydrogens (tertiary/aromatic N) is 1. The van der Waals surface area contributed by atoms with Crippen molar-refractivity contribution < 1.29 is 9.59 Å². The molecule has 2 bridgehead atoms. The fraction of sp³-hybridized carbons (Fsp3) is 0.905. The van der Waals surface area contributed by atoms with Gasteiger partial charge < -0.3 is 10.2 Å². The maximum absolute atomic E-state index is 12.8. The van der Waals surface area contributed by atoms with Crippen LogP contribution in [0.5, 0.6) is 0 Å². The lowest BCUT2D eigenvalue weighted by atomic mass is 9.88. The summed E-state index contributed by atoms with van der Waals surface area (Å²) in [5.41, 5.74) is 0. The van der Waals surface area contributed by atoms with Gasteiger partial charge in [0.25, 0.3) is 0 Å². The van der Waals surface area contributed by atoms with E-state index in [1.54, 1.807) is 0 Å². The van der Waals surface area contributed by atoms with Gasteiger partial charge in [0.1, 0.15) is 0 Å². The van der Waals surface area contributed by atoms with Crippen LogP contribution >= 0.6 is 0 Å². The molecule has 144 valence electrons. The summed E-state index contributed by atoms with van der Waals surface area (Å²) in [5, 5.41) is 3.13. The molecular formula is C21H38N2O2. The number of amides is 2. The average molecular weight is 351 g/mol. The lowest BCUT2D eigenvalue weighted by Crippen LogP contribution is -2.48. The molecule has 2 aliphatic heterocycles. The molecule has 25 heavy (non-hydrogen) atoms. The molecule has 1 N–H and O–H groups in total. The summed E-state index contributed by atoms with van der Waals surface area (Å²) in [4.78, 5) is 26.9. The van der Waals surface area contributed by atoms with Gasteiger partial charge >= 0.3 is 0 Å². The van der Waals surface area contributed by atoms with Crippen molar-refractivity contribution in [3.8, 4) is 0 Å². The van der Waals surface area contributed by atoms with Gasteiger partial charge in [-0.2, -0.15) is 0 Å². The number of nitrogens with one attached hydrogen (secondary N) is 1. The van der Waals surface area contributed by atoms with Crippen molar-refractivity contribution in [3.63, 3.8) is 0 Å². The van der Waals surface area contributed by atoms with Gasteiger partial charge in [-0.25, -0.2) is 0 Å². The third-order valence-electron chi connectivity index (χ3n) is 6.29. The molecule has 2 heterocycles. The molecule has 0 saturated carbocycles. The predicted molar refractivity (Wildman–Crippen MR) is 102 cm³/mol. The second-order valence-electron chi connectivity index (χ2n) is 9.19. The first-order chi connectivity index (χ1) is 11.8. The van der Waals surface area contributed by atoms with Crippen molar-refractivity contribution in [1.29, 1.82) is 0 Å². The highest BCUT2D eigenvalue weighted by molar-refractivity contribution is 5.78. The summed E-state index contributed by atoms with van der Waals surface area (Å²) >= 11 is 0. The standard InChI is InChI=1S/C21H38N2O2/c1-14(2)6-9-20(24)22-13-17-11-18-7-8-19(12-17)23(18)21(25)10-16(5)15(3)4/h14-19H,6-13H2,1-5H3,(H,22,24)/t16?,17?,18-,19+. The van der Waals surface area contributed by atoms with E-state index in [-0.39, 0.29) is 5.91 Å². The summed E-state index contributed by atoms with van der Waals surface area (Å²) in [6.45, 7) is 11.7. The minimum atomic E-state index is 0.185. The van der Waals surface area contributed by atoms with Crippen LogP contribution < -0.4 is 5.32 Å². The lowest BCUT2D eigenvalue weighted by molar-refractivity contribution is -0.137. The molecule has 0 aromatic carbocycles. The first-order valence-corrected chi connectivity index (χ1v) is 10.4. The maximum atomic E-state index is 12.8. The highest BCUT2D eigenvalue weighted by atomic mass is 16.2. The molecule has 2 rings (SSSR count). The molecule has 0 aromatic rings. The van der Waals surface area contributed by atoms with Crippen LogP contribution in [0.2, 0.25) is 0 Å². The Balaban J connectivity index is 1.79. The summed E-state index contributed by atoms with van der Waals surface area (Å²) < 4.78 is 0. The topological polar surface area (TPSA) is 49.4 Å². The molecule has 4 heteroatoms. The lowest BCUT2D eigenvalue weighted by Gasteiger charge is -2.39. The number of rotatable bonds is 8. The van der Waals surface area contributed by atoms with Crippen LogP contribution in [-0.2, 0) is 9.59 Å². The van der Waals surface area contributed by atoms with Crippen molar-refractivity contribution in [1.82, 2.24) is 10.2 Å². The molecule has 4 nitrogen and oxygen atoms in total. The van der Waals surface area contributed by atoms with E-state index in [9.17, 15) is 9.59 Å². The molecule has 4 atom stereocenters. The maximum Gasteiger partial charge on any atom is 0.223 e. The quantitative estimate of drug-likeness (QED) is 0.719. The molecule has 0 aliphatic carbocycles. The Morgan fingerprint density at radius 3 is 2.16 bits per heavy atom. The second-order valence-corrected chi connectivity index (χ2v) is 9.19. The minimum absolute atomic E-state index is 0.185. The summed E-state index contributed by atoms with van der Waals surface area (Å²) in [5.74, 6) is 2.65. The Labute approximate surface area is 154 Å².